The van der Waals surface area contributed by atoms with Gasteiger partial charge in [0.05, 0.1) is 11.4 Å². The molecule has 0 aromatic carbocycles. The molecule has 6 nitrogen and oxygen atoms in total. The van der Waals surface area contributed by atoms with Gasteiger partial charge in [0.15, 0.2) is 0 Å². The number of anilines is 1. The first kappa shape index (κ1) is 18.4. The second kappa shape index (κ2) is 7.75. The maximum atomic E-state index is 4.47. The van der Waals surface area contributed by atoms with Gasteiger partial charge in [-0.2, -0.15) is 5.10 Å². The van der Waals surface area contributed by atoms with Gasteiger partial charge in [0, 0.05) is 49.5 Å². The van der Waals surface area contributed by atoms with Crippen LogP contribution in [0.2, 0.25) is 0 Å². The van der Waals surface area contributed by atoms with Gasteiger partial charge in [0.1, 0.15) is 12.1 Å². The predicted octanol–water partition coefficient (Wildman–Crippen LogP) is 3.02. The van der Waals surface area contributed by atoms with E-state index in [4.69, 9.17) is 0 Å². The molecule has 0 unspecified atom stereocenters. The summed E-state index contributed by atoms with van der Waals surface area (Å²) in [5, 5.41) is 7.89. The van der Waals surface area contributed by atoms with Gasteiger partial charge in [-0.25, -0.2) is 9.97 Å². The molecule has 0 saturated carbocycles. The summed E-state index contributed by atoms with van der Waals surface area (Å²) in [5.74, 6) is 0.857. The quantitative estimate of drug-likeness (QED) is 0.845. The van der Waals surface area contributed by atoms with Crippen molar-refractivity contribution >= 4 is 5.82 Å². The van der Waals surface area contributed by atoms with Crippen molar-refractivity contribution in [3.05, 3.63) is 23.8 Å². The molecule has 0 saturated heterocycles. The van der Waals surface area contributed by atoms with Crippen LogP contribution >= 0.6 is 0 Å². The van der Waals surface area contributed by atoms with Crippen molar-refractivity contribution < 1.29 is 0 Å². The Labute approximate surface area is 145 Å². The standard InChI is InChI=1S/C18H30N6/c1-12(2)24(13(3)4)9-8-19-17-10-16(20-11-21-17)18-14(5)22-23(7)15(18)6/h10-13H,8-9H2,1-7H3,(H,19,20,21). The Hall–Kier alpha value is -1.95. The minimum absolute atomic E-state index is 0.536. The molecule has 24 heavy (non-hydrogen) atoms. The molecular weight excluding hydrogens is 300 g/mol. The van der Waals surface area contributed by atoms with Crippen LogP contribution in [0.5, 0.6) is 0 Å². The van der Waals surface area contributed by atoms with Crippen LogP contribution < -0.4 is 5.32 Å². The van der Waals surface area contributed by atoms with E-state index >= 15 is 0 Å². The molecule has 0 bridgehead atoms. The van der Waals surface area contributed by atoms with E-state index in [0.29, 0.717) is 12.1 Å². The second-order valence-corrected chi connectivity index (χ2v) is 6.81. The molecule has 0 aliphatic carbocycles. The van der Waals surface area contributed by atoms with Gasteiger partial charge in [-0.1, -0.05) is 0 Å². The summed E-state index contributed by atoms with van der Waals surface area (Å²) >= 11 is 0. The molecule has 0 radical (unpaired) electrons. The first-order valence-corrected chi connectivity index (χ1v) is 8.63. The molecule has 2 rings (SSSR count). The summed E-state index contributed by atoms with van der Waals surface area (Å²) in [6.45, 7) is 14.9. The van der Waals surface area contributed by atoms with Crippen molar-refractivity contribution in [1.82, 2.24) is 24.6 Å². The van der Waals surface area contributed by atoms with Gasteiger partial charge >= 0.3 is 0 Å². The number of nitrogens with zero attached hydrogens (tertiary/aromatic N) is 5. The summed E-state index contributed by atoms with van der Waals surface area (Å²) in [4.78, 5) is 11.2. The summed E-state index contributed by atoms with van der Waals surface area (Å²) in [6, 6.07) is 3.08. The molecule has 0 atom stereocenters. The third kappa shape index (κ3) is 4.12. The maximum absolute atomic E-state index is 4.47. The van der Waals surface area contributed by atoms with Gasteiger partial charge < -0.3 is 5.32 Å². The van der Waals surface area contributed by atoms with E-state index in [1.807, 2.05) is 24.7 Å². The Morgan fingerprint density at radius 1 is 1.12 bits per heavy atom. The Balaban J connectivity index is 2.08. The summed E-state index contributed by atoms with van der Waals surface area (Å²) in [5.41, 5.74) is 4.11. The van der Waals surface area contributed by atoms with E-state index in [1.54, 1.807) is 6.33 Å². The van der Waals surface area contributed by atoms with Crippen LogP contribution in [-0.4, -0.2) is 49.8 Å². The molecule has 0 aliphatic heterocycles. The number of rotatable bonds is 7. The Kier molecular flexibility index (Phi) is 5.94. The molecule has 1 N–H and O–H groups in total. The Morgan fingerprint density at radius 3 is 2.33 bits per heavy atom. The van der Waals surface area contributed by atoms with Gasteiger partial charge in [0.25, 0.3) is 0 Å². The molecule has 0 spiro atoms. The van der Waals surface area contributed by atoms with E-state index in [2.05, 4.69) is 59.9 Å². The summed E-state index contributed by atoms with van der Waals surface area (Å²) in [6.07, 6.45) is 1.62. The zero-order valence-electron chi connectivity index (χ0n) is 16.0. The molecule has 2 aromatic rings. The van der Waals surface area contributed by atoms with Crippen LogP contribution in [0, 0.1) is 13.8 Å². The van der Waals surface area contributed by atoms with Gasteiger partial charge in [-0.15, -0.1) is 0 Å². The van der Waals surface area contributed by atoms with Crippen molar-refractivity contribution in [2.45, 2.75) is 53.6 Å². The predicted molar refractivity (Wildman–Crippen MR) is 99.2 cm³/mol. The Morgan fingerprint density at radius 2 is 1.79 bits per heavy atom. The number of aryl methyl sites for hydroxylation is 2. The van der Waals surface area contributed by atoms with Gasteiger partial charge in [-0.3, -0.25) is 9.58 Å². The third-order valence-corrected chi connectivity index (χ3v) is 4.43. The average Bonchev–Trinajstić information content (AvgIpc) is 2.76. The Bertz CT molecular complexity index is 666. The fourth-order valence-electron chi connectivity index (χ4n) is 3.16. The van der Waals surface area contributed by atoms with Crippen LogP contribution in [-0.2, 0) is 7.05 Å². The molecule has 2 heterocycles. The van der Waals surface area contributed by atoms with E-state index in [9.17, 15) is 0 Å². The molecule has 0 amide bonds. The second-order valence-electron chi connectivity index (χ2n) is 6.81. The fraction of sp³-hybridized carbons (Fsp3) is 0.611. The summed E-state index contributed by atoms with van der Waals surface area (Å²) < 4.78 is 1.89. The van der Waals surface area contributed by atoms with E-state index < -0.39 is 0 Å². The summed E-state index contributed by atoms with van der Waals surface area (Å²) in [7, 11) is 1.96. The van der Waals surface area contributed by atoms with Crippen molar-refractivity contribution in [3.8, 4) is 11.3 Å². The first-order valence-electron chi connectivity index (χ1n) is 8.63. The van der Waals surface area contributed by atoms with Crippen molar-refractivity contribution in [3.63, 3.8) is 0 Å². The minimum atomic E-state index is 0.536. The molecule has 0 fully saturated rings. The van der Waals surface area contributed by atoms with Crippen LogP contribution in [0.3, 0.4) is 0 Å². The van der Waals surface area contributed by atoms with Crippen LogP contribution in [0.1, 0.15) is 39.1 Å². The fourth-order valence-corrected chi connectivity index (χ4v) is 3.16. The topological polar surface area (TPSA) is 58.9 Å². The number of aromatic nitrogens is 4. The highest BCUT2D eigenvalue weighted by Gasteiger charge is 2.15. The zero-order chi connectivity index (χ0) is 17.9. The molecule has 132 valence electrons. The lowest BCUT2D eigenvalue weighted by Crippen LogP contribution is -2.40. The van der Waals surface area contributed by atoms with Crippen molar-refractivity contribution in [2.24, 2.45) is 7.05 Å². The molecule has 2 aromatic heterocycles. The minimum Gasteiger partial charge on any atom is -0.369 e. The van der Waals surface area contributed by atoms with Gasteiger partial charge in [-0.05, 0) is 41.5 Å². The smallest absolute Gasteiger partial charge is 0.130 e. The van der Waals surface area contributed by atoms with E-state index in [0.717, 1.165) is 41.6 Å². The van der Waals surface area contributed by atoms with Gasteiger partial charge in [0.2, 0.25) is 0 Å². The third-order valence-electron chi connectivity index (χ3n) is 4.43. The normalized spacial score (nSPS) is 11.8. The van der Waals surface area contributed by atoms with Crippen molar-refractivity contribution in [2.75, 3.05) is 18.4 Å². The highest BCUT2D eigenvalue weighted by atomic mass is 15.3. The SMILES string of the molecule is Cc1nn(C)c(C)c1-c1cc(NCCN(C(C)C)C(C)C)ncn1. The highest BCUT2D eigenvalue weighted by Crippen LogP contribution is 2.25. The van der Waals surface area contributed by atoms with E-state index in [1.165, 1.54) is 0 Å². The monoisotopic (exact) mass is 330 g/mol. The molecular formula is C18H30N6. The van der Waals surface area contributed by atoms with E-state index in [-0.39, 0.29) is 0 Å². The van der Waals surface area contributed by atoms with Crippen LogP contribution in [0.25, 0.3) is 11.3 Å². The van der Waals surface area contributed by atoms with Crippen LogP contribution in [0.4, 0.5) is 5.82 Å². The molecule has 6 heteroatoms. The zero-order valence-corrected chi connectivity index (χ0v) is 16.0. The lowest BCUT2D eigenvalue weighted by molar-refractivity contribution is 0.182. The lowest BCUT2D eigenvalue weighted by Gasteiger charge is -2.30. The average molecular weight is 330 g/mol. The van der Waals surface area contributed by atoms with Crippen molar-refractivity contribution in [1.29, 1.82) is 0 Å². The first-order chi connectivity index (χ1) is 11.3. The molecule has 0 aliphatic rings. The maximum Gasteiger partial charge on any atom is 0.130 e. The number of hydrogen-bond acceptors (Lipinski definition) is 5. The highest BCUT2D eigenvalue weighted by molar-refractivity contribution is 5.66. The van der Waals surface area contributed by atoms with Crippen LogP contribution in [0.15, 0.2) is 12.4 Å². The largest absolute Gasteiger partial charge is 0.369 e. The number of hydrogen-bond donors (Lipinski definition) is 1. The lowest BCUT2D eigenvalue weighted by atomic mass is 10.1. The number of nitrogens with one attached hydrogen (secondary N) is 1.